The first-order chi connectivity index (χ1) is 13.6. The summed E-state index contributed by atoms with van der Waals surface area (Å²) in [5.74, 6) is 0. The summed E-state index contributed by atoms with van der Waals surface area (Å²) in [6.45, 7) is 24.7. The zero-order chi connectivity index (χ0) is 22.4. The van der Waals surface area contributed by atoms with E-state index in [9.17, 15) is 0 Å². The Morgan fingerprint density at radius 3 is 1.21 bits per heavy atom. The van der Waals surface area contributed by atoms with Gasteiger partial charge in [-0.1, -0.05) is 0 Å². The summed E-state index contributed by atoms with van der Waals surface area (Å²) in [6.07, 6.45) is 7.54. The Hall–Kier alpha value is -0.541. The van der Waals surface area contributed by atoms with Crippen LogP contribution < -0.4 is 0 Å². The van der Waals surface area contributed by atoms with Crippen molar-refractivity contribution in [1.82, 2.24) is 9.80 Å². The van der Waals surface area contributed by atoms with Gasteiger partial charge in [0.05, 0.1) is 0 Å². The van der Waals surface area contributed by atoms with Gasteiger partial charge in [0, 0.05) is 0 Å². The van der Waals surface area contributed by atoms with Crippen LogP contribution in [0.2, 0.25) is 0 Å². The molecule has 0 fully saturated rings. The molecule has 0 aromatic heterocycles. The van der Waals surface area contributed by atoms with Crippen molar-refractivity contribution < 1.29 is 15.0 Å². The van der Waals surface area contributed by atoms with Crippen LogP contribution in [-0.4, -0.2) is 56.5 Å². The number of hydrogen-bond donors (Lipinski definition) is 0. The fourth-order valence-corrected chi connectivity index (χ4v) is 5.21. The Balaban J connectivity index is 5.81. The average Bonchev–Trinajstić information content (AvgIpc) is 2.60. The standard InChI is InChI=1S/2C12H25N2.Mn/c2*1-6-7-8-9-14(12(4)5)10-13-11(2)3;/h2*11-12H,6-9H2,1-5H3;. The predicted octanol–water partition coefficient (Wildman–Crippen LogP) is 6.40. The summed E-state index contributed by atoms with van der Waals surface area (Å²) in [7, 11) is 0. The van der Waals surface area contributed by atoms with E-state index in [1.54, 1.807) is 0 Å². The molecule has 0 aromatic carbocycles. The molecule has 0 aliphatic carbocycles. The van der Waals surface area contributed by atoms with E-state index >= 15 is 0 Å². The van der Waals surface area contributed by atoms with Crippen LogP contribution in [0.3, 0.4) is 0 Å². The number of rotatable bonds is 14. The van der Waals surface area contributed by atoms with Crippen molar-refractivity contribution in [2.24, 2.45) is 9.98 Å². The van der Waals surface area contributed by atoms with Crippen LogP contribution in [0.4, 0.5) is 0 Å². The zero-order valence-corrected chi connectivity index (χ0v) is 22.3. The fraction of sp³-hybridized carbons (Fsp3) is 0.917. The van der Waals surface area contributed by atoms with E-state index < -0.39 is 0 Å². The van der Waals surface area contributed by atoms with Crippen molar-refractivity contribution in [3.8, 4) is 0 Å². The topological polar surface area (TPSA) is 31.2 Å². The van der Waals surface area contributed by atoms with Crippen molar-refractivity contribution in [2.45, 2.75) is 132 Å². The number of unbranched alkanes of at least 4 members (excludes halogenated alkanes) is 4. The summed E-state index contributed by atoms with van der Waals surface area (Å²) < 4.78 is 2.49. The molecule has 0 radical (unpaired) electrons. The van der Waals surface area contributed by atoms with Crippen LogP contribution in [0.15, 0.2) is 9.98 Å². The Kier molecular flexibility index (Phi) is 15.9. The number of nitrogens with zero attached hydrogens (tertiary/aromatic N) is 4. The molecule has 0 saturated carbocycles. The molecule has 4 nitrogen and oxygen atoms in total. The first kappa shape index (κ1) is 28.5. The SMILES string of the molecule is CCCCCN([C](=NC(C)C)[Mn][C](=NC(C)C)N(CCCCC)C(C)C)C(C)C. The molecule has 0 rings (SSSR count). The van der Waals surface area contributed by atoms with Crippen LogP contribution in [0, 0.1) is 0 Å². The van der Waals surface area contributed by atoms with Gasteiger partial charge in [-0.2, -0.15) is 0 Å². The second-order valence-electron chi connectivity index (χ2n) is 9.07. The van der Waals surface area contributed by atoms with E-state index in [0.29, 0.717) is 39.1 Å². The molecule has 173 valence electrons. The Labute approximate surface area is 189 Å². The summed E-state index contributed by atoms with van der Waals surface area (Å²) in [5.41, 5.74) is 0. The molecular weight excluding hydrogens is 399 g/mol. The van der Waals surface area contributed by atoms with Crippen molar-refractivity contribution in [3.05, 3.63) is 0 Å². The Morgan fingerprint density at radius 2 is 0.966 bits per heavy atom. The van der Waals surface area contributed by atoms with Gasteiger partial charge in [-0.05, 0) is 0 Å². The third kappa shape index (κ3) is 12.7. The molecule has 0 aliphatic heterocycles. The average molecular weight is 450 g/mol. The molecule has 0 saturated heterocycles. The van der Waals surface area contributed by atoms with Crippen LogP contribution >= 0.6 is 0 Å². The number of aliphatic imine (C=N–C) groups is 2. The van der Waals surface area contributed by atoms with Gasteiger partial charge in [0.15, 0.2) is 0 Å². The zero-order valence-electron chi connectivity index (χ0n) is 21.1. The molecule has 0 aliphatic rings. The minimum absolute atomic E-state index is 0.304. The van der Waals surface area contributed by atoms with Gasteiger partial charge in [-0.15, -0.1) is 0 Å². The van der Waals surface area contributed by atoms with Gasteiger partial charge >= 0.3 is 189 Å². The summed E-state index contributed by atoms with van der Waals surface area (Å²) in [5, 5.41) is 0. The van der Waals surface area contributed by atoms with Gasteiger partial charge in [-0.3, -0.25) is 0 Å². The van der Waals surface area contributed by atoms with E-state index in [1.807, 2.05) is 0 Å². The summed E-state index contributed by atoms with van der Waals surface area (Å²) in [6, 6.07) is 1.54. The van der Waals surface area contributed by atoms with Crippen molar-refractivity contribution in [1.29, 1.82) is 0 Å². The molecular formula is C24H50MnN4. The summed E-state index contributed by atoms with van der Waals surface area (Å²) in [4.78, 5) is 15.3. The van der Waals surface area contributed by atoms with E-state index in [0.717, 1.165) is 13.1 Å². The molecule has 0 aromatic rings. The molecule has 0 heterocycles. The monoisotopic (exact) mass is 449 g/mol. The normalized spacial score (nSPS) is 13.3. The van der Waals surface area contributed by atoms with Gasteiger partial charge in [-0.25, -0.2) is 0 Å². The quantitative estimate of drug-likeness (QED) is 0.133. The van der Waals surface area contributed by atoms with Crippen LogP contribution in [0.5, 0.6) is 0 Å². The van der Waals surface area contributed by atoms with Gasteiger partial charge in [0.2, 0.25) is 0 Å². The maximum atomic E-state index is 5.11. The Bertz CT molecular complexity index is 428. The van der Waals surface area contributed by atoms with Gasteiger partial charge < -0.3 is 0 Å². The van der Waals surface area contributed by atoms with Crippen molar-refractivity contribution in [3.63, 3.8) is 0 Å². The first-order valence-corrected chi connectivity index (χ1v) is 13.2. The third-order valence-corrected chi connectivity index (χ3v) is 6.14. The molecule has 5 heteroatoms. The molecule has 0 spiro atoms. The molecule has 0 unspecified atom stereocenters. The fourth-order valence-electron chi connectivity index (χ4n) is 3.00. The van der Waals surface area contributed by atoms with Gasteiger partial charge in [0.1, 0.15) is 0 Å². The van der Waals surface area contributed by atoms with E-state index in [-0.39, 0.29) is 0 Å². The number of hydrogen-bond acceptors (Lipinski definition) is 2. The second-order valence-corrected chi connectivity index (χ2v) is 10.4. The molecule has 29 heavy (non-hydrogen) atoms. The molecule has 0 bridgehead atoms. The predicted molar refractivity (Wildman–Crippen MR) is 128 cm³/mol. The molecule has 0 atom stereocenters. The summed E-state index contributed by atoms with van der Waals surface area (Å²) >= 11 is 0.482. The second kappa shape index (κ2) is 16.2. The molecule has 0 amide bonds. The third-order valence-electron chi connectivity index (χ3n) is 4.62. The van der Waals surface area contributed by atoms with E-state index in [2.05, 4.69) is 79.0 Å². The maximum absolute atomic E-state index is 5.11. The van der Waals surface area contributed by atoms with Crippen LogP contribution in [0.1, 0.15) is 108 Å². The van der Waals surface area contributed by atoms with Crippen molar-refractivity contribution >= 4 is 9.47 Å². The van der Waals surface area contributed by atoms with Crippen LogP contribution in [-0.2, 0) is 15.0 Å². The van der Waals surface area contributed by atoms with Crippen LogP contribution in [0.25, 0.3) is 0 Å². The Morgan fingerprint density at radius 1 is 0.621 bits per heavy atom. The number of amidine groups is 2. The minimum atomic E-state index is 0.304. The van der Waals surface area contributed by atoms with E-state index in [1.165, 1.54) is 48.0 Å². The van der Waals surface area contributed by atoms with Crippen molar-refractivity contribution in [2.75, 3.05) is 13.1 Å². The first-order valence-electron chi connectivity index (χ1n) is 12.0. The van der Waals surface area contributed by atoms with E-state index in [4.69, 9.17) is 9.98 Å². The van der Waals surface area contributed by atoms with Gasteiger partial charge in [0.25, 0.3) is 0 Å². The molecule has 0 N–H and O–H groups in total.